The number of aromatic nitrogens is 6. The Labute approximate surface area is 454 Å². The first-order valence-corrected chi connectivity index (χ1v) is 25.3. The molecule has 0 saturated carbocycles. The predicted octanol–water partition coefficient (Wildman–Crippen LogP) is -2.00. The number of hydrogen-bond donors (Lipinski definition) is 8. The second kappa shape index (κ2) is 33.0. The van der Waals surface area contributed by atoms with Gasteiger partial charge in [0.1, 0.15) is 73.4 Å². The Balaban J connectivity index is 0.812. The van der Waals surface area contributed by atoms with Crippen molar-refractivity contribution in [2.45, 2.75) is 94.1 Å². The number of nitrogens with zero attached hydrogens (tertiary/aromatic N) is 6. The molecule has 0 aliphatic carbocycles. The highest BCUT2D eigenvalue weighted by atomic mass is 16.7. The van der Waals surface area contributed by atoms with Gasteiger partial charge in [0.2, 0.25) is 0 Å². The summed E-state index contributed by atoms with van der Waals surface area (Å²) in [5.41, 5.74) is 2.40. The van der Waals surface area contributed by atoms with E-state index in [2.05, 4.69) is 20.6 Å². The summed E-state index contributed by atoms with van der Waals surface area (Å²) < 4.78 is 69.5. The summed E-state index contributed by atoms with van der Waals surface area (Å²) in [4.78, 5) is 25.5. The highest BCUT2D eigenvalue weighted by molar-refractivity contribution is 6.10. The molecule has 2 saturated heterocycles. The van der Waals surface area contributed by atoms with Gasteiger partial charge in [0.25, 0.3) is 0 Å². The third-order valence-electron chi connectivity index (χ3n) is 12.0. The number of ketones is 2. The van der Waals surface area contributed by atoms with E-state index in [0.29, 0.717) is 71.8 Å². The minimum Gasteiger partial charge on any atom is -0.493 e. The molecule has 0 unspecified atom stereocenters. The topological polar surface area (TPSA) is 368 Å². The summed E-state index contributed by atoms with van der Waals surface area (Å²) in [6, 6.07) is 10.2. The summed E-state index contributed by atoms with van der Waals surface area (Å²) in [5.74, 6) is 0.902. The van der Waals surface area contributed by atoms with E-state index in [-0.39, 0.29) is 72.5 Å². The van der Waals surface area contributed by atoms with Crippen molar-refractivity contribution in [3.63, 3.8) is 0 Å². The zero-order valence-corrected chi connectivity index (χ0v) is 43.7. The van der Waals surface area contributed by atoms with Crippen molar-refractivity contribution in [3.8, 4) is 23.0 Å². The number of carbonyl (C=O) groups excluding carboxylic acids is 2. The van der Waals surface area contributed by atoms with Gasteiger partial charge in [-0.15, -0.1) is 10.2 Å². The molecule has 28 nitrogen and oxygen atoms in total. The van der Waals surface area contributed by atoms with Crippen molar-refractivity contribution in [2.24, 2.45) is 0 Å². The van der Waals surface area contributed by atoms with Crippen LogP contribution in [0.1, 0.15) is 28.9 Å². The maximum atomic E-state index is 12.7. The number of rotatable bonds is 36. The monoisotopic (exact) mass is 1120 g/mol. The lowest BCUT2D eigenvalue weighted by Gasteiger charge is -2.39. The molecule has 0 amide bonds. The van der Waals surface area contributed by atoms with Crippen LogP contribution >= 0.6 is 0 Å². The molecule has 4 heterocycles. The van der Waals surface area contributed by atoms with Crippen molar-refractivity contribution in [3.05, 3.63) is 83.5 Å². The molecule has 6 rings (SSSR count). The molecule has 4 aromatic rings. The molecule has 79 heavy (non-hydrogen) atoms. The number of methoxy groups -OCH3 is 2. The molecule has 0 bridgehead atoms. The lowest BCUT2D eigenvalue weighted by Crippen LogP contribution is -2.59. The van der Waals surface area contributed by atoms with Crippen LogP contribution < -0.4 is 18.9 Å². The zero-order valence-electron chi connectivity index (χ0n) is 43.7. The average molecular weight is 1120 g/mol. The summed E-state index contributed by atoms with van der Waals surface area (Å²) in [7, 11) is 2.98. The maximum absolute atomic E-state index is 12.7. The summed E-state index contributed by atoms with van der Waals surface area (Å²) in [6.45, 7) is 2.04. The quantitative estimate of drug-likeness (QED) is 0.0139. The number of allylic oxidation sites excluding steroid dienone is 2. The van der Waals surface area contributed by atoms with Gasteiger partial charge in [-0.2, -0.15) is 0 Å². The summed E-state index contributed by atoms with van der Waals surface area (Å²) in [5, 5.41) is 94.5. The molecule has 2 aromatic carbocycles. The zero-order chi connectivity index (χ0) is 56.5. The van der Waals surface area contributed by atoms with E-state index >= 15 is 0 Å². The fraction of sp³-hybridized carbons (Fsp3) is 0.569. The van der Waals surface area contributed by atoms with Gasteiger partial charge in [-0.1, -0.05) is 34.7 Å². The summed E-state index contributed by atoms with van der Waals surface area (Å²) in [6.07, 6.45) is -4.57. The van der Waals surface area contributed by atoms with E-state index in [1.165, 1.54) is 26.4 Å². The summed E-state index contributed by atoms with van der Waals surface area (Å²) >= 11 is 0. The van der Waals surface area contributed by atoms with Crippen molar-refractivity contribution >= 4 is 23.7 Å². The number of aliphatic hydroxyl groups is 8. The third kappa shape index (κ3) is 19.7. The Bertz CT molecular complexity index is 2340. The van der Waals surface area contributed by atoms with Gasteiger partial charge in [-0.25, -0.2) is 9.36 Å². The molecule has 436 valence electrons. The van der Waals surface area contributed by atoms with Gasteiger partial charge in [-0.05, 0) is 47.5 Å². The van der Waals surface area contributed by atoms with E-state index in [9.17, 15) is 50.4 Å². The highest BCUT2D eigenvalue weighted by Gasteiger charge is 2.45. The fourth-order valence-electron chi connectivity index (χ4n) is 7.63. The second-order valence-corrected chi connectivity index (χ2v) is 17.7. The van der Waals surface area contributed by atoms with Crippen LogP contribution in [-0.4, -0.2) is 237 Å². The van der Waals surface area contributed by atoms with Crippen LogP contribution in [0.3, 0.4) is 0 Å². The minimum absolute atomic E-state index is 0.0321. The van der Waals surface area contributed by atoms with Crippen LogP contribution in [-0.2, 0) is 73.8 Å². The third-order valence-corrected chi connectivity index (χ3v) is 12.0. The molecule has 8 N–H and O–H groups in total. The van der Waals surface area contributed by atoms with Crippen molar-refractivity contribution in [1.29, 1.82) is 0 Å². The molecule has 0 spiro atoms. The Hall–Kier alpha value is -5.90. The van der Waals surface area contributed by atoms with Gasteiger partial charge in [0, 0.05) is 0 Å². The molecule has 2 aliphatic heterocycles. The number of carbonyl (C=O) groups is 2. The van der Waals surface area contributed by atoms with Crippen molar-refractivity contribution < 1.29 is 107 Å². The Morgan fingerprint density at radius 3 is 1.32 bits per heavy atom. The van der Waals surface area contributed by atoms with Crippen LogP contribution in [0.15, 0.2) is 60.9 Å². The van der Waals surface area contributed by atoms with Crippen molar-refractivity contribution in [1.82, 2.24) is 30.0 Å². The number of aliphatic hydroxyl groups excluding tert-OH is 8. The Morgan fingerprint density at radius 2 is 0.924 bits per heavy atom. The normalized spacial score (nSPS) is 23.4. The van der Waals surface area contributed by atoms with Crippen LogP contribution in [0.2, 0.25) is 0 Å². The molecular formula is C51H70N6O22. The number of benzene rings is 2. The smallest absolute Gasteiger partial charge is 0.186 e. The molecule has 2 aromatic heterocycles. The van der Waals surface area contributed by atoms with Gasteiger partial charge >= 0.3 is 0 Å². The highest BCUT2D eigenvalue weighted by Crippen LogP contribution is 2.31. The number of ether oxygens (including phenoxy) is 12. The fourth-order valence-corrected chi connectivity index (χ4v) is 7.63. The van der Waals surface area contributed by atoms with E-state index in [4.69, 9.17) is 56.8 Å². The van der Waals surface area contributed by atoms with Crippen LogP contribution in [0.5, 0.6) is 23.0 Å². The molecule has 2 fully saturated rings. The minimum atomic E-state index is -1.52. The Morgan fingerprint density at radius 1 is 0.532 bits per heavy atom. The molecule has 0 radical (unpaired) electrons. The van der Waals surface area contributed by atoms with Gasteiger partial charge in [-0.3, -0.25) is 9.59 Å². The molecule has 2 aliphatic rings. The van der Waals surface area contributed by atoms with Crippen LogP contribution in [0.25, 0.3) is 12.2 Å². The molecular weight excluding hydrogens is 1050 g/mol. The standard InChI is InChI=1S/C51H70N6O22/c1-68-40-23-32(5-9-38(40)76-30-34-26-56(54-52-34)11-13-70-15-17-72-19-21-74-50-48(66)46(64)44(62)42(28-58)78-50)3-7-36(60)25-37(61)8-4-33-6-10-39(41(24-33)69-2)77-31-35-27-57(55-53-35)12-14-71-16-18-73-20-22-75-51-49(67)47(65)45(63)43(29-59)79-51/h3-10,23-24,26-27,42-51,58-59,62-67H,11-22,25,28-31H2,1-2H3/b7-3+,8-4+/t42-,43-,44+,45+,46+,47+,48+,49+,50+,51+/m0/s1. The first kappa shape index (κ1) is 62.3. The molecule has 10 atom stereocenters. The van der Waals surface area contributed by atoms with E-state index in [0.717, 1.165) is 0 Å². The SMILES string of the molecule is COc1cc(/C=C/C(=O)CC(=O)/C=C/c2ccc(OCc3cn(CCOCCOCCO[C@@H]4O[C@@H](CO)[C@@H](O)[C@@H](O)[C@H]4O)nn3)c(OC)c2)ccc1OCc1cn(CCOCCOCCO[C@@H]2O[C@@H](CO)[C@@H](O)[C@@H](O)[C@H]2O)nn1. The largest absolute Gasteiger partial charge is 0.493 e. The first-order chi connectivity index (χ1) is 38.3. The van der Waals surface area contributed by atoms with Crippen LogP contribution in [0.4, 0.5) is 0 Å². The van der Waals surface area contributed by atoms with E-state index in [1.807, 2.05) is 0 Å². The van der Waals surface area contributed by atoms with E-state index in [1.54, 1.807) is 70.3 Å². The van der Waals surface area contributed by atoms with Crippen molar-refractivity contribution in [2.75, 3.05) is 93.5 Å². The molecule has 28 heteroatoms. The maximum Gasteiger partial charge on any atom is 0.186 e. The second-order valence-electron chi connectivity index (χ2n) is 17.7. The lowest BCUT2D eigenvalue weighted by molar-refractivity contribution is -0.302. The number of hydrogen-bond acceptors (Lipinski definition) is 26. The average Bonchev–Trinajstić information content (AvgIpc) is 4.14. The van der Waals surface area contributed by atoms with Gasteiger partial charge < -0.3 is 97.7 Å². The van der Waals surface area contributed by atoms with E-state index < -0.39 is 86.2 Å². The van der Waals surface area contributed by atoms with Gasteiger partial charge in [0.05, 0.1) is 125 Å². The van der Waals surface area contributed by atoms with Crippen LogP contribution in [0, 0.1) is 0 Å². The predicted molar refractivity (Wildman–Crippen MR) is 270 cm³/mol. The van der Waals surface area contributed by atoms with Gasteiger partial charge in [0.15, 0.2) is 47.1 Å². The lowest BCUT2D eigenvalue weighted by atomic mass is 9.99. The Kier molecular flexibility index (Phi) is 26.0. The first-order valence-electron chi connectivity index (χ1n) is 25.3.